The molecule has 1 aliphatic heterocycles. The number of rotatable bonds is 3. The Hall–Kier alpha value is -2.44. The van der Waals surface area contributed by atoms with Gasteiger partial charge in [-0.15, -0.1) is 0 Å². The maximum Gasteiger partial charge on any atom is 0.273 e. The Morgan fingerprint density at radius 1 is 1.00 bits per heavy atom. The van der Waals surface area contributed by atoms with Gasteiger partial charge in [0.05, 0.1) is 0 Å². The molecule has 5 rings (SSSR count). The molecule has 1 amide bonds. The average Bonchev–Trinajstić information content (AvgIpc) is 3.18. The molecule has 3 aliphatic rings. The molecule has 0 bridgehead atoms. The number of nitrogens with zero attached hydrogens (tertiary/aromatic N) is 4. The number of hydrogen-bond donors (Lipinski definition) is 1. The van der Waals surface area contributed by atoms with E-state index in [4.69, 9.17) is 9.51 Å². The highest BCUT2D eigenvalue weighted by atomic mass is 16.5. The van der Waals surface area contributed by atoms with E-state index in [2.05, 4.69) is 20.4 Å². The number of aromatic nitrogens is 3. The summed E-state index contributed by atoms with van der Waals surface area (Å²) < 4.78 is 5.40. The third kappa shape index (κ3) is 3.63. The van der Waals surface area contributed by atoms with Crippen LogP contribution in [-0.4, -0.2) is 40.2 Å². The number of amides is 1. The highest BCUT2D eigenvalue weighted by molar-refractivity contribution is 5.94. The van der Waals surface area contributed by atoms with Crippen LogP contribution >= 0.6 is 0 Å². The van der Waals surface area contributed by atoms with E-state index in [9.17, 15) is 4.79 Å². The average molecular weight is 396 g/mol. The summed E-state index contributed by atoms with van der Waals surface area (Å²) in [5.41, 5.74) is 4.11. The maximum absolute atomic E-state index is 12.8. The van der Waals surface area contributed by atoms with E-state index in [1.807, 2.05) is 6.92 Å². The van der Waals surface area contributed by atoms with Gasteiger partial charge in [-0.05, 0) is 64.7 Å². The number of carbonyl (C=O) groups is 1. The topological polar surface area (TPSA) is 84.2 Å². The minimum atomic E-state index is -0.0781. The van der Waals surface area contributed by atoms with Crippen molar-refractivity contribution >= 4 is 11.7 Å². The molecule has 0 aromatic carbocycles. The Bertz CT molecular complexity index is 914. The molecule has 7 heteroatoms. The van der Waals surface area contributed by atoms with E-state index in [1.165, 1.54) is 24.1 Å². The van der Waals surface area contributed by atoms with Crippen LogP contribution in [0.5, 0.6) is 0 Å². The minimum absolute atomic E-state index is 0.0781. The highest BCUT2D eigenvalue weighted by Crippen LogP contribution is 2.30. The fourth-order valence-electron chi connectivity index (χ4n) is 5.01. The van der Waals surface area contributed by atoms with Gasteiger partial charge in [0.15, 0.2) is 5.69 Å². The van der Waals surface area contributed by atoms with Gasteiger partial charge in [0.1, 0.15) is 17.4 Å². The number of aryl methyl sites for hydroxylation is 3. The van der Waals surface area contributed by atoms with Gasteiger partial charge in [-0.1, -0.05) is 5.16 Å². The molecule has 1 fully saturated rings. The lowest BCUT2D eigenvalue weighted by atomic mass is 9.95. The van der Waals surface area contributed by atoms with Crippen LogP contribution in [-0.2, 0) is 25.7 Å². The van der Waals surface area contributed by atoms with Gasteiger partial charge in [-0.25, -0.2) is 9.97 Å². The zero-order chi connectivity index (χ0) is 19.8. The summed E-state index contributed by atoms with van der Waals surface area (Å²) in [6.07, 6.45) is 10.5. The minimum Gasteiger partial charge on any atom is -0.360 e. The first-order valence-electron chi connectivity index (χ1n) is 11.1. The molecule has 0 atom stereocenters. The van der Waals surface area contributed by atoms with Gasteiger partial charge < -0.3 is 14.7 Å². The van der Waals surface area contributed by atoms with Gasteiger partial charge in [0.25, 0.3) is 5.91 Å². The van der Waals surface area contributed by atoms with Crippen molar-refractivity contribution in [1.82, 2.24) is 20.4 Å². The predicted molar refractivity (Wildman–Crippen MR) is 109 cm³/mol. The van der Waals surface area contributed by atoms with Crippen LogP contribution in [0, 0.1) is 6.92 Å². The lowest BCUT2D eigenvalue weighted by Crippen LogP contribution is -2.45. The van der Waals surface area contributed by atoms with Crippen LogP contribution in [0.2, 0.25) is 0 Å². The molecular weight excluding hydrogens is 366 g/mol. The summed E-state index contributed by atoms with van der Waals surface area (Å²) in [7, 11) is 0. The van der Waals surface area contributed by atoms with Crippen molar-refractivity contribution in [3.63, 3.8) is 0 Å². The van der Waals surface area contributed by atoms with Crippen molar-refractivity contribution in [2.75, 3.05) is 18.0 Å². The van der Waals surface area contributed by atoms with Gasteiger partial charge in [-0.2, -0.15) is 0 Å². The fraction of sp³-hybridized carbons (Fsp3) is 0.636. The first-order valence-corrected chi connectivity index (χ1v) is 11.1. The lowest BCUT2D eigenvalue weighted by Gasteiger charge is -2.35. The largest absolute Gasteiger partial charge is 0.360 e. The van der Waals surface area contributed by atoms with Gasteiger partial charge >= 0.3 is 0 Å². The molecular formula is C22H29N5O2. The first-order chi connectivity index (χ1) is 14.2. The van der Waals surface area contributed by atoms with Crippen molar-refractivity contribution in [1.29, 1.82) is 0 Å². The Morgan fingerprint density at radius 2 is 1.72 bits per heavy atom. The molecule has 0 unspecified atom stereocenters. The second-order valence-electron chi connectivity index (χ2n) is 8.60. The summed E-state index contributed by atoms with van der Waals surface area (Å²) in [6.45, 7) is 3.81. The van der Waals surface area contributed by atoms with Crippen molar-refractivity contribution in [2.45, 2.75) is 77.2 Å². The molecule has 0 saturated carbocycles. The molecule has 1 saturated heterocycles. The van der Waals surface area contributed by atoms with Crippen LogP contribution < -0.4 is 10.2 Å². The molecule has 7 nitrogen and oxygen atoms in total. The van der Waals surface area contributed by atoms with Crippen molar-refractivity contribution < 1.29 is 9.32 Å². The molecule has 2 aromatic heterocycles. The highest BCUT2D eigenvalue weighted by Gasteiger charge is 2.29. The number of carbonyl (C=O) groups excluding carboxylic acids is 1. The van der Waals surface area contributed by atoms with Crippen LogP contribution in [0.4, 0.5) is 5.82 Å². The number of hydrogen-bond acceptors (Lipinski definition) is 6. The van der Waals surface area contributed by atoms with E-state index in [0.29, 0.717) is 5.69 Å². The molecule has 2 aromatic rings. The van der Waals surface area contributed by atoms with Gasteiger partial charge in [0.2, 0.25) is 0 Å². The monoisotopic (exact) mass is 395 g/mol. The van der Waals surface area contributed by atoms with E-state index < -0.39 is 0 Å². The van der Waals surface area contributed by atoms with Crippen molar-refractivity contribution in [3.8, 4) is 0 Å². The molecule has 3 heterocycles. The number of anilines is 1. The summed E-state index contributed by atoms with van der Waals surface area (Å²) in [4.78, 5) is 24.6. The van der Waals surface area contributed by atoms with Gasteiger partial charge in [0, 0.05) is 42.4 Å². The zero-order valence-electron chi connectivity index (χ0n) is 17.2. The summed E-state index contributed by atoms with van der Waals surface area (Å²) >= 11 is 0. The van der Waals surface area contributed by atoms with E-state index in [1.54, 1.807) is 0 Å². The van der Waals surface area contributed by atoms with Crippen LogP contribution in [0.1, 0.15) is 77.4 Å². The standard InChI is InChI=1S/C22H29N5O2/c1-14-23-18-8-4-2-6-16(18)21(24-14)27-12-10-15(11-13-27)25-22(28)20-17-7-3-5-9-19(17)29-26-20/h15H,2-13H2,1H3,(H,25,28). The smallest absolute Gasteiger partial charge is 0.273 e. The fourth-order valence-corrected chi connectivity index (χ4v) is 5.01. The van der Waals surface area contributed by atoms with Crippen LogP contribution in [0.3, 0.4) is 0 Å². The first kappa shape index (κ1) is 18.6. The second kappa shape index (κ2) is 7.76. The van der Waals surface area contributed by atoms with E-state index in [-0.39, 0.29) is 11.9 Å². The Morgan fingerprint density at radius 3 is 2.55 bits per heavy atom. The number of nitrogens with one attached hydrogen (secondary N) is 1. The number of fused-ring (bicyclic) bond motifs is 2. The van der Waals surface area contributed by atoms with Crippen LogP contribution in [0.25, 0.3) is 0 Å². The van der Waals surface area contributed by atoms with Crippen LogP contribution in [0.15, 0.2) is 4.52 Å². The SMILES string of the molecule is Cc1nc2c(c(N3CCC(NC(=O)c4noc5c4CCCC5)CC3)n1)CCCC2. The van der Waals surface area contributed by atoms with Crippen molar-refractivity contribution in [2.24, 2.45) is 0 Å². The molecule has 1 N–H and O–H groups in total. The third-order valence-electron chi connectivity index (χ3n) is 6.57. The summed E-state index contributed by atoms with van der Waals surface area (Å²) in [5.74, 6) is 2.82. The Labute approximate surface area is 171 Å². The zero-order valence-corrected chi connectivity index (χ0v) is 17.2. The normalized spacial score (nSPS) is 19.6. The lowest BCUT2D eigenvalue weighted by molar-refractivity contribution is 0.0921. The quantitative estimate of drug-likeness (QED) is 0.860. The van der Waals surface area contributed by atoms with E-state index in [0.717, 1.165) is 87.4 Å². The van der Waals surface area contributed by atoms with Gasteiger partial charge in [-0.3, -0.25) is 4.79 Å². The third-order valence-corrected chi connectivity index (χ3v) is 6.57. The Balaban J connectivity index is 1.24. The molecule has 29 heavy (non-hydrogen) atoms. The summed E-state index contributed by atoms with van der Waals surface area (Å²) in [5, 5.41) is 7.27. The Kier molecular flexibility index (Phi) is 4.97. The number of piperidine rings is 1. The summed E-state index contributed by atoms with van der Waals surface area (Å²) in [6, 6.07) is 0.174. The van der Waals surface area contributed by atoms with E-state index >= 15 is 0 Å². The second-order valence-corrected chi connectivity index (χ2v) is 8.60. The molecule has 154 valence electrons. The molecule has 0 radical (unpaired) electrons. The molecule has 0 spiro atoms. The predicted octanol–water partition coefficient (Wildman–Crippen LogP) is 2.93. The molecule has 2 aliphatic carbocycles. The maximum atomic E-state index is 12.8. The van der Waals surface area contributed by atoms with Crippen molar-refractivity contribution in [3.05, 3.63) is 34.1 Å².